The maximum Gasteiger partial charge on any atom is 0.136 e. The fourth-order valence-corrected chi connectivity index (χ4v) is 2.13. The van der Waals surface area contributed by atoms with Crippen molar-refractivity contribution in [2.24, 2.45) is 5.92 Å². The van der Waals surface area contributed by atoms with E-state index in [1.54, 1.807) is 0 Å². The molecule has 0 aliphatic carbocycles. The summed E-state index contributed by atoms with van der Waals surface area (Å²) in [5, 5.41) is 0. The van der Waals surface area contributed by atoms with Gasteiger partial charge in [0.15, 0.2) is 0 Å². The molecule has 3 heterocycles. The van der Waals surface area contributed by atoms with Crippen LogP contribution < -0.4 is 5.48 Å². The van der Waals surface area contributed by atoms with E-state index in [0.29, 0.717) is 24.9 Å². The van der Waals surface area contributed by atoms with Gasteiger partial charge in [0.1, 0.15) is 12.5 Å². The SMILES string of the molecule is O=C1CCCNOCN2CCC1CC2. The maximum absolute atomic E-state index is 11.7. The second kappa shape index (κ2) is 4.87. The molecule has 1 N–H and O–H groups in total. The average Bonchev–Trinajstić information content (AvgIpc) is 2.28. The van der Waals surface area contributed by atoms with Crippen molar-refractivity contribution in [3.8, 4) is 0 Å². The van der Waals surface area contributed by atoms with Crippen molar-refractivity contribution >= 4 is 5.78 Å². The summed E-state index contributed by atoms with van der Waals surface area (Å²) < 4.78 is 0. The number of rotatable bonds is 0. The quantitative estimate of drug-likeness (QED) is 0.617. The number of carbonyl (C=O) groups excluding carboxylic acids is 1. The Morgan fingerprint density at radius 2 is 2.14 bits per heavy atom. The third-order valence-electron chi connectivity index (χ3n) is 3.09. The molecule has 0 aromatic rings. The van der Waals surface area contributed by atoms with Crippen LogP contribution in [0, 0.1) is 5.92 Å². The van der Waals surface area contributed by atoms with Crippen LogP contribution in [0.2, 0.25) is 0 Å². The van der Waals surface area contributed by atoms with Gasteiger partial charge in [-0.15, -0.1) is 0 Å². The van der Waals surface area contributed by atoms with E-state index in [0.717, 1.165) is 38.9 Å². The van der Waals surface area contributed by atoms with E-state index in [2.05, 4.69) is 10.4 Å². The third-order valence-corrected chi connectivity index (χ3v) is 3.09. The van der Waals surface area contributed by atoms with Crippen molar-refractivity contribution in [2.45, 2.75) is 25.7 Å². The van der Waals surface area contributed by atoms with Crippen LogP contribution in [0.3, 0.4) is 0 Å². The number of Topliss-reactive ketones (excluding diaryl/α,β-unsaturated/α-hetero) is 1. The smallest absolute Gasteiger partial charge is 0.136 e. The van der Waals surface area contributed by atoms with Gasteiger partial charge >= 0.3 is 0 Å². The number of ketones is 1. The molecule has 3 aliphatic rings. The van der Waals surface area contributed by atoms with Crippen molar-refractivity contribution in [3.05, 3.63) is 0 Å². The molecule has 0 atom stereocenters. The van der Waals surface area contributed by atoms with Crippen LogP contribution in [0.25, 0.3) is 0 Å². The Morgan fingerprint density at radius 3 is 2.93 bits per heavy atom. The first kappa shape index (κ1) is 10.1. The van der Waals surface area contributed by atoms with Gasteiger partial charge in [-0.2, -0.15) is 0 Å². The number of hydrogen-bond acceptors (Lipinski definition) is 4. The van der Waals surface area contributed by atoms with Crippen LogP contribution in [0.4, 0.5) is 0 Å². The summed E-state index contributed by atoms with van der Waals surface area (Å²) in [7, 11) is 0. The van der Waals surface area contributed by atoms with E-state index in [1.807, 2.05) is 0 Å². The Bertz CT molecular complexity index is 200. The second-order valence-electron chi connectivity index (χ2n) is 4.13. The normalized spacial score (nSPS) is 35.3. The number of piperidine rings is 1. The van der Waals surface area contributed by atoms with E-state index in [1.165, 1.54) is 0 Å². The molecule has 3 saturated heterocycles. The zero-order valence-electron chi connectivity index (χ0n) is 8.50. The van der Waals surface area contributed by atoms with Gasteiger partial charge in [0, 0.05) is 32.0 Å². The van der Waals surface area contributed by atoms with Crippen molar-refractivity contribution < 1.29 is 9.63 Å². The number of hydroxylamine groups is 1. The Balaban J connectivity index is 1.94. The minimum Gasteiger partial charge on any atom is -0.299 e. The molecule has 0 amide bonds. The lowest BCUT2D eigenvalue weighted by molar-refractivity contribution is -0.124. The highest BCUT2D eigenvalue weighted by Crippen LogP contribution is 2.20. The van der Waals surface area contributed by atoms with Gasteiger partial charge in [0.25, 0.3) is 0 Å². The lowest BCUT2D eigenvalue weighted by Gasteiger charge is -2.29. The van der Waals surface area contributed by atoms with Gasteiger partial charge in [0.2, 0.25) is 0 Å². The number of nitrogens with one attached hydrogen (secondary N) is 1. The number of hydrogen-bond donors (Lipinski definition) is 1. The first-order valence-corrected chi connectivity index (χ1v) is 5.46. The third kappa shape index (κ3) is 2.53. The minimum absolute atomic E-state index is 0.323. The fraction of sp³-hybridized carbons (Fsp3) is 0.900. The van der Waals surface area contributed by atoms with Crippen LogP contribution in [-0.2, 0) is 9.63 Å². The van der Waals surface area contributed by atoms with Gasteiger partial charge in [-0.25, -0.2) is 5.48 Å². The predicted octanol–water partition coefficient (Wildman–Crippen LogP) is 0.540. The summed E-state index contributed by atoms with van der Waals surface area (Å²) in [4.78, 5) is 19.3. The molecular formula is C10H18N2O2. The minimum atomic E-state index is 0.323. The molecule has 0 saturated carbocycles. The number of carbonyl (C=O) groups is 1. The highest BCUT2D eigenvalue weighted by Gasteiger charge is 2.24. The van der Waals surface area contributed by atoms with Crippen LogP contribution in [0.1, 0.15) is 25.7 Å². The lowest BCUT2D eigenvalue weighted by Crippen LogP contribution is -2.38. The van der Waals surface area contributed by atoms with Crippen molar-refractivity contribution in [1.29, 1.82) is 0 Å². The van der Waals surface area contributed by atoms with Gasteiger partial charge in [-0.1, -0.05) is 0 Å². The van der Waals surface area contributed by atoms with Crippen molar-refractivity contribution in [1.82, 2.24) is 10.4 Å². The largest absolute Gasteiger partial charge is 0.299 e. The number of fused-ring (bicyclic) bond motifs is 8. The molecule has 0 spiro atoms. The second-order valence-corrected chi connectivity index (χ2v) is 4.13. The van der Waals surface area contributed by atoms with E-state index in [4.69, 9.17) is 4.84 Å². The van der Waals surface area contributed by atoms with Crippen LogP contribution in [0.15, 0.2) is 0 Å². The molecular weight excluding hydrogens is 180 g/mol. The van der Waals surface area contributed by atoms with E-state index in [-0.39, 0.29) is 0 Å². The van der Waals surface area contributed by atoms with E-state index < -0.39 is 0 Å². The van der Waals surface area contributed by atoms with Gasteiger partial charge in [0.05, 0.1) is 0 Å². The highest BCUT2D eigenvalue weighted by molar-refractivity contribution is 5.81. The topological polar surface area (TPSA) is 41.6 Å². The van der Waals surface area contributed by atoms with Gasteiger partial charge < -0.3 is 0 Å². The van der Waals surface area contributed by atoms with Crippen molar-refractivity contribution in [3.63, 3.8) is 0 Å². The fourth-order valence-electron chi connectivity index (χ4n) is 2.13. The average molecular weight is 198 g/mol. The Kier molecular flexibility index (Phi) is 3.50. The monoisotopic (exact) mass is 198 g/mol. The van der Waals surface area contributed by atoms with E-state index >= 15 is 0 Å². The zero-order valence-corrected chi connectivity index (χ0v) is 8.50. The summed E-state index contributed by atoms with van der Waals surface area (Å²) in [5.74, 6) is 0.776. The molecule has 4 nitrogen and oxygen atoms in total. The molecule has 14 heavy (non-hydrogen) atoms. The number of nitrogens with zero attached hydrogens (tertiary/aromatic N) is 1. The first-order chi connectivity index (χ1) is 6.86. The molecule has 3 rings (SSSR count). The molecule has 4 heteroatoms. The van der Waals surface area contributed by atoms with Gasteiger partial charge in [-0.3, -0.25) is 14.5 Å². The van der Waals surface area contributed by atoms with E-state index in [9.17, 15) is 4.79 Å². The van der Waals surface area contributed by atoms with Crippen LogP contribution in [0.5, 0.6) is 0 Å². The molecule has 3 aliphatic heterocycles. The standard InChI is InChI=1S/C10H18N2O2/c13-10-2-1-5-11-14-8-12-6-3-9(10)4-7-12/h9,11H,1-8H2. The maximum atomic E-state index is 11.7. The molecule has 0 aromatic heterocycles. The Hall–Kier alpha value is -0.450. The molecule has 0 unspecified atom stereocenters. The molecule has 3 fully saturated rings. The Morgan fingerprint density at radius 1 is 1.36 bits per heavy atom. The molecule has 80 valence electrons. The summed E-state index contributed by atoms with van der Waals surface area (Å²) in [6, 6.07) is 0. The summed E-state index contributed by atoms with van der Waals surface area (Å²) in [5.41, 5.74) is 2.89. The highest BCUT2D eigenvalue weighted by atomic mass is 16.7. The molecule has 2 bridgehead atoms. The Labute approximate surface area is 84.6 Å². The summed E-state index contributed by atoms with van der Waals surface area (Å²) >= 11 is 0. The zero-order chi connectivity index (χ0) is 9.80. The lowest BCUT2D eigenvalue weighted by atomic mass is 9.90. The predicted molar refractivity (Wildman–Crippen MR) is 52.5 cm³/mol. The summed E-state index contributed by atoms with van der Waals surface area (Å²) in [6.45, 7) is 3.43. The molecule has 0 aromatic carbocycles. The van der Waals surface area contributed by atoms with Crippen molar-refractivity contribution in [2.75, 3.05) is 26.4 Å². The van der Waals surface area contributed by atoms with Crippen LogP contribution >= 0.6 is 0 Å². The van der Waals surface area contributed by atoms with Crippen LogP contribution in [-0.4, -0.2) is 37.0 Å². The van der Waals surface area contributed by atoms with Gasteiger partial charge in [-0.05, 0) is 19.3 Å². The summed E-state index contributed by atoms with van der Waals surface area (Å²) in [6.07, 6.45) is 3.64. The molecule has 0 radical (unpaired) electrons. The first-order valence-electron chi connectivity index (χ1n) is 5.46.